The molecule has 0 amide bonds. The predicted molar refractivity (Wildman–Crippen MR) is 51.9 cm³/mol. The molecule has 0 bridgehead atoms. The fraction of sp³-hybridized carbons (Fsp3) is 1.00. The van der Waals surface area contributed by atoms with Crippen LogP contribution in [-0.2, 0) is 20.2 Å². The van der Waals surface area contributed by atoms with Crippen molar-refractivity contribution < 1.29 is 89.6 Å². The summed E-state index contributed by atoms with van der Waals surface area (Å²) in [6.45, 7) is 0. The van der Waals surface area contributed by atoms with Crippen molar-refractivity contribution in [3.63, 3.8) is 0 Å². The van der Waals surface area contributed by atoms with Gasteiger partial charge in [0.25, 0.3) is 0 Å². The van der Waals surface area contributed by atoms with Crippen LogP contribution in [0.2, 0.25) is 0 Å². The summed E-state index contributed by atoms with van der Waals surface area (Å²) in [6.07, 6.45) is -0.433. The van der Waals surface area contributed by atoms with Gasteiger partial charge in [0.15, 0.2) is 0 Å². The van der Waals surface area contributed by atoms with Gasteiger partial charge in [0, 0.05) is 11.5 Å². The summed E-state index contributed by atoms with van der Waals surface area (Å²) in [5.74, 6) is -1.62. The number of rotatable bonds is 4. The Kier molecular flexibility index (Phi) is 27.1. The first-order chi connectivity index (χ1) is 8.17. The van der Waals surface area contributed by atoms with Crippen LogP contribution >= 0.6 is 0 Å². The molecule has 0 N–H and O–H groups in total. The molecule has 0 aromatic carbocycles. The average molecular weight is 352 g/mol. The van der Waals surface area contributed by atoms with E-state index < -0.39 is 53.3 Å². The van der Waals surface area contributed by atoms with E-state index in [1.54, 1.807) is 0 Å². The molecule has 0 aliphatic carbocycles. The van der Waals surface area contributed by atoms with Gasteiger partial charge in [-0.1, -0.05) is 0 Å². The van der Waals surface area contributed by atoms with E-state index in [0.29, 0.717) is 0 Å². The van der Waals surface area contributed by atoms with E-state index in [4.69, 9.17) is 0 Å². The zero-order valence-electron chi connectivity index (χ0n) is 10.8. The number of hydrogen-bond acceptors (Lipinski definition) is 6. The average Bonchev–Trinajstić information content (AvgIpc) is 1.94. The van der Waals surface area contributed by atoms with Crippen molar-refractivity contribution in [1.29, 1.82) is 0 Å². The summed E-state index contributed by atoms with van der Waals surface area (Å²) in [4.78, 5) is 0. The molecule has 0 aliphatic heterocycles. The Morgan fingerprint density at radius 2 is 0.810 bits per heavy atom. The van der Waals surface area contributed by atoms with Crippen molar-refractivity contribution in [1.82, 2.24) is 0 Å². The van der Waals surface area contributed by atoms with Gasteiger partial charge < -0.3 is 9.11 Å². The molecule has 0 spiro atoms. The first-order valence-corrected chi connectivity index (χ1v) is 7.04. The third-order valence-electron chi connectivity index (χ3n) is 0.789. The summed E-state index contributed by atoms with van der Waals surface area (Å²) in [5, 5.41) is 0. The van der Waals surface area contributed by atoms with Crippen LogP contribution in [0.3, 0.4) is 0 Å². The molecule has 0 aliphatic rings. The molecule has 0 heterocycles. The molecule has 0 aromatic heterocycles. The van der Waals surface area contributed by atoms with Crippen molar-refractivity contribution in [3.05, 3.63) is 0 Å². The van der Waals surface area contributed by atoms with Gasteiger partial charge in [-0.05, 0) is 6.42 Å². The van der Waals surface area contributed by atoms with E-state index in [9.17, 15) is 51.8 Å². The van der Waals surface area contributed by atoms with Gasteiger partial charge in [-0.2, -0.15) is 0 Å². The molecular weight excluding hydrogens is 346 g/mol. The Balaban J connectivity index is -0.0000000722. The first-order valence-electron chi connectivity index (χ1n) is 3.89. The minimum absolute atomic E-state index is 0. The maximum atomic E-state index is 9.86. The van der Waals surface area contributed by atoms with Gasteiger partial charge in [0.05, 0.1) is 20.2 Å². The third-order valence-corrected chi connectivity index (χ3v) is 2.37. The molecule has 0 fully saturated rings. The Bertz CT molecular complexity index is 363. The normalized spacial score (nSPS) is 9.52. The smallest absolute Gasteiger partial charge is 0.748 e. The van der Waals surface area contributed by atoms with Crippen LogP contribution in [0.4, 0.5) is 25.9 Å². The summed E-state index contributed by atoms with van der Waals surface area (Å²) in [7, 11) is -16.1. The van der Waals surface area contributed by atoms with E-state index in [1.165, 1.54) is 0 Å². The quantitative estimate of drug-likeness (QED) is 0.283. The topological polar surface area (TPSA) is 114 Å². The van der Waals surface area contributed by atoms with Crippen LogP contribution in [0.5, 0.6) is 0 Å². The summed E-state index contributed by atoms with van der Waals surface area (Å²) in [6, 6.07) is 0. The second kappa shape index (κ2) is 17.1. The Labute approximate surface area is 142 Å². The van der Waals surface area contributed by atoms with E-state index >= 15 is 0 Å². The maximum absolute atomic E-state index is 9.86. The van der Waals surface area contributed by atoms with Crippen molar-refractivity contribution >= 4 is 35.3 Å². The molecule has 0 aromatic rings. The van der Waals surface area contributed by atoms with Gasteiger partial charge in [-0.3, -0.25) is 25.9 Å². The molecule has 0 saturated carbocycles. The van der Waals surface area contributed by atoms with Crippen molar-refractivity contribution in [2.75, 3.05) is 11.5 Å². The molecule has 116 valence electrons. The van der Waals surface area contributed by atoms with Gasteiger partial charge >= 0.3 is 52.8 Å². The number of halogens is 6. The van der Waals surface area contributed by atoms with Crippen LogP contribution in [0.15, 0.2) is 0 Å². The molecule has 18 heteroatoms. The van der Waals surface area contributed by atoms with Gasteiger partial charge in [-0.15, -0.1) is 0 Å². The maximum Gasteiger partial charge on any atom is 1.00 e. The molecular formula is C3H6B2F6Li2O6S2. The zero-order chi connectivity index (χ0) is 16.3. The van der Waals surface area contributed by atoms with Crippen LogP contribution in [0, 0.1) is 0 Å². The molecule has 0 radical (unpaired) electrons. The number of hydrogen-bond donors (Lipinski definition) is 0. The van der Waals surface area contributed by atoms with Gasteiger partial charge in [0.2, 0.25) is 0 Å². The van der Waals surface area contributed by atoms with Crippen LogP contribution in [0.1, 0.15) is 6.42 Å². The fourth-order valence-electron chi connectivity index (χ4n) is 0.412. The second-order valence-corrected chi connectivity index (χ2v) is 5.42. The molecule has 0 unspecified atom stereocenters. The van der Waals surface area contributed by atoms with Crippen molar-refractivity contribution in [2.45, 2.75) is 6.42 Å². The minimum Gasteiger partial charge on any atom is -0.748 e. The van der Waals surface area contributed by atoms with E-state index in [2.05, 4.69) is 0 Å². The molecule has 6 nitrogen and oxygen atoms in total. The van der Waals surface area contributed by atoms with Crippen molar-refractivity contribution in [2.24, 2.45) is 0 Å². The van der Waals surface area contributed by atoms with Crippen LogP contribution in [-0.4, -0.2) is 52.5 Å². The molecule has 0 saturated heterocycles. The monoisotopic (exact) mass is 352 g/mol. The standard InChI is InChI=1S/C3H8O6S2.2BF3.2Li/c4-10(5,6)2-1-3-11(7,8)9;2*2-1(3)4;;/h1-3H2,(H,4,5,6)(H,7,8,9);;;;/q;;;2*+1/p-2. The fourth-order valence-corrected chi connectivity index (χ4v) is 1.59. The van der Waals surface area contributed by atoms with Crippen LogP contribution < -0.4 is 37.7 Å². The Morgan fingerprint density at radius 3 is 0.905 bits per heavy atom. The second-order valence-electron chi connectivity index (χ2n) is 2.37. The Hall–Kier alpha value is 0.725. The summed E-state index contributed by atoms with van der Waals surface area (Å²) < 4.78 is 117. The van der Waals surface area contributed by atoms with Gasteiger partial charge in [0.1, 0.15) is 0 Å². The molecule has 0 rings (SSSR count). The largest absolute Gasteiger partial charge is 1.00 e. The summed E-state index contributed by atoms with van der Waals surface area (Å²) in [5.41, 5.74) is 0. The van der Waals surface area contributed by atoms with E-state index in [0.717, 1.165) is 0 Å². The third kappa shape index (κ3) is 95.5. The van der Waals surface area contributed by atoms with Crippen LogP contribution in [0.25, 0.3) is 0 Å². The van der Waals surface area contributed by atoms with Crippen molar-refractivity contribution in [3.8, 4) is 0 Å². The summed E-state index contributed by atoms with van der Waals surface area (Å²) >= 11 is 0. The Morgan fingerprint density at radius 1 is 0.667 bits per heavy atom. The predicted octanol–water partition coefficient (Wildman–Crippen LogP) is -5.77. The zero-order valence-corrected chi connectivity index (χ0v) is 12.4. The van der Waals surface area contributed by atoms with E-state index in [-0.39, 0.29) is 37.7 Å². The molecule has 21 heavy (non-hydrogen) atoms. The molecule has 0 atom stereocenters. The SMILES string of the molecule is FB(F)F.FB(F)F.O=S(=O)([O-])CCCS(=O)(=O)[O-].[Li+].[Li+]. The first kappa shape index (κ1) is 33.4. The van der Waals surface area contributed by atoms with E-state index in [1.807, 2.05) is 0 Å². The van der Waals surface area contributed by atoms with Gasteiger partial charge in [-0.25, -0.2) is 16.8 Å². The minimum atomic E-state index is -4.40.